The SMILES string of the molecule is O=C(CN1C(=O)C[C@@H](c2ccco2)Sc2ccccc21)Nc1ccccc1. The Morgan fingerprint density at radius 1 is 1.07 bits per heavy atom. The fraction of sp³-hybridized carbons (Fsp3) is 0.143. The Labute approximate surface area is 161 Å². The molecule has 0 saturated carbocycles. The number of fused-ring (bicyclic) bond motifs is 1. The molecule has 27 heavy (non-hydrogen) atoms. The number of nitrogens with zero attached hydrogens (tertiary/aromatic N) is 1. The van der Waals surface area contributed by atoms with Crippen LogP contribution in [0.4, 0.5) is 11.4 Å². The van der Waals surface area contributed by atoms with E-state index < -0.39 is 0 Å². The van der Waals surface area contributed by atoms with Crippen LogP contribution in [-0.2, 0) is 9.59 Å². The van der Waals surface area contributed by atoms with E-state index in [2.05, 4.69) is 5.32 Å². The van der Waals surface area contributed by atoms with E-state index in [-0.39, 0.29) is 30.0 Å². The van der Waals surface area contributed by atoms with Gasteiger partial charge in [0, 0.05) is 17.0 Å². The molecule has 6 heteroatoms. The first-order chi connectivity index (χ1) is 13.2. The van der Waals surface area contributed by atoms with E-state index in [1.165, 1.54) is 0 Å². The van der Waals surface area contributed by atoms with Gasteiger partial charge in [-0.05, 0) is 36.4 Å². The Morgan fingerprint density at radius 2 is 1.85 bits per heavy atom. The number of amides is 2. The number of hydrogen-bond donors (Lipinski definition) is 1. The highest BCUT2D eigenvalue weighted by Gasteiger charge is 2.31. The van der Waals surface area contributed by atoms with Crippen molar-refractivity contribution in [2.75, 3.05) is 16.8 Å². The number of carbonyl (C=O) groups is 2. The Hall–Kier alpha value is -2.99. The summed E-state index contributed by atoms with van der Waals surface area (Å²) < 4.78 is 5.52. The molecule has 1 atom stereocenters. The summed E-state index contributed by atoms with van der Waals surface area (Å²) in [5.41, 5.74) is 1.46. The number of para-hydroxylation sites is 2. The molecular formula is C21H18N2O3S. The van der Waals surface area contributed by atoms with Crippen LogP contribution in [0.5, 0.6) is 0 Å². The molecule has 0 spiro atoms. The number of anilines is 2. The number of thioether (sulfide) groups is 1. The van der Waals surface area contributed by atoms with E-state index in [4.69, 9.17) is 4.42 Å². The van der Waals surface area contributed by atoms with Gasteiger partial charge < -0.3 is 14.6 Å². The van der Waals surface area contributed by atoms with Gasteiger partial charge in [0.25, 0.3) is 0 Å². The molecule has 2 heterocycles. The van der Waals surface area contributed by atoms with Crippen LogP contribution in [0.25, 0.3) is 0 Å². The fourth-order valence-electron chi connectivity index (χ4n) is 3.05. The second-order valence-electron chi connectivity index (χ2n) is 6.19. The Balaban J connectivity index is 1.58. The first kappa shape index (κ1) is 17.4. The van der Waals surface area contributed by atoms with Gasteiger partial charge in [0.15, 0.2) is 0 Å². The lowest BCUT2D eigenvalue weighted by Gasteiger charge is -2.22. The summed E-state index contributed by atoms with van der Waals surface area (Å²) in [5, 5.41) is 2.73. The van der Waals surface area contributed by atoms with E-state index in [1.54, 1.807) is 22.9 Å². The maximum atomic E-state index is 13.0. The van der Waals surface area contributed by atoms with Crippen molar-refractivity contribution < 1.29 is 14.0 Å². The van der Waals surface area contributed by atoms with Crippen molar-refractivity contribution in [1.82, 2.24) is 0 Å². The molecule has 0 aliphatic carbocycles. The Morgan fingerprint density at radius 3 is 2.63 bits per heavy atom. The summed E-state index contributed by atoms with van der Waals surface area (Å²) in [4.78, 5) is 28.0. The number of hydrogen-bond acceptors (Lipinski definition) is 4. The second kappa shape index (κ2) is 7.72. The third-order valence-electron chi connectivity index (χ3n) is 4.31. The summed E-state index contributed by atoms with van der Waals surface area (Å²) >= 11 is 1.59. The predicted molar refractivity (Wildman–Crippen MR) is 106 cm³/mol. The lowest BCUT2D eigenvalue weighted by atomic mass is 10.2. The van der Waals surface area contributed by atoms with Gasteiger partial charge in [0.05, 0.1) is 17.2 Å². The molecule has 0 radical (unpaired) electrons. The molecule has 1 aromatic heterocycles. The number of rotatable bonds is 4. The van der Waals surface area contributed by atoms with Gasteiger partial charge in [-0.1, -0.05) is 30.3 Å². The normalized spacial score (nSPS) is 16.5. The minimum atomic E-state index is -0.231. The molecule has 136 valence electrons. The van der Waals surface area contributed by atoms with Crippen molar-refractivity contribution in [2.45, 2.75) is 16.6 Å². The molecule has 4 rings (SSSR count). The summed E-state index contributed by atoms with van der Waals surface area (Å²) in [5.74, 6) is 0.432. The highest BCUT2D eigenvalue weighted by atomic mass is 32.2. The van der Waals surface area contributed by atoms with Crippen LogP contribution < -0.4 is 10.2 Å². The minimum absolute atomic E-state index is 0.0316. The third-order valence-corrected chi connectivity index (χ3v) is 5.59. The molecule has 1 aliphatic heterocycles. The van der Waals surface area contributed by atoms with Gasteiger partial charge >= 0.3 is 0 Å². The predicted octanol–water partition coefficient (Wildman–Crippen LogP) is 4.49. The molecule has 1 aliphatic rings. The van der Waals surface area contributed by atoms with Crippen molar-refractivity contribution in [3.05, 3.63) is 78.8 Å². The summed E-state index contributed by atoms with van der Waals surface area (Å²) in [6, 6.07) is 20.6. The second-order valence-corrected chi connectivity index (χ2v) is 7.43. The van der Waals surface area contributed by atoms with E-state index >= 15 is 0 Å². The maximum Gasteiger partial charge on any atom is 0.244 e. The van der Waals surface area contributed by atoms with Crippen LogP contribution in [0, 0.1) is 0 Å². The van der Waals surface area contributed by atoms with Crippen molar-refractivity contribution >= 4 is 35.0 Å². The van der Waals surface area contributed by atoms with Crippen molar-refractivity contribution in [3.8, 4) is 0 Å². The van der Waals surface area contributed by atoms with Gasteiger partial charge in [0.1, 0.15) is 12.3 Å². The molecule has 1 N–H and O–H groups in total. The summed E-state index contributed by atoms with van der Waals surface area (Å²) in [7, 11) is 0. The first-order valence-electron chi connectivity index (χ1n) is 8.65. The molecule has 3 aromatic rings. The molecule has 2 aromatic carbocycles. The summed E-state index contributed by atoms with van der Waals surface area (Å²) in [6.07, 6.45) is 1.88. The quantitative estimate of drug-likeness (QED) is 0.727. The van der Waals surface area contributed by atoms with Crippen molar-refractivity contribution in [3.63, 3.8) is 0 Å². The van der Waals surface area contributed by atoms with E-state index in [0.29, 0.717) is 5.69 Å². The summed E-state index contributed by atoms with van der Waals surface area (Å²) in [6.45, 7) is -0.0316. The third kappa shape index (κ3) is 3.90. The van der Waals surface area contributed by atoms with Gasteiger partial charge in [-0.15, -0.1) is 11.8 Å². The molecule has 0 saturated heterocycles. The Bertz CT molecular complexity index is 941. The van der Waals surface area contributed by atoms with Gasteiger partial charge in [0.2, 0.25) is 11.8 Å². The van der Waals surface area contributed by atoms with Crippen LogP contribution in [0.1, 0.15) is 17.4 Å². The first-order valence-corrected chi connectivity index (χ1v) is 9.53. The number of furan rings is 1. The van der Waals surface area contributed by atoms with E-state index in [1.807, 2.05) is 66.7 Å². The van der Waals surface area contributed by atoms with Gasteiger partial charge in [-0.2, -0.15) is 0 Å². The van der Waals surface area contributed by atoms with Gasteiger partial charge in [-0.3, -0.25) is 9.59 Å². The molecule has 5 nitrogen and oxygen atoms in total. The average Bonchev–Trinajstić information content (AvgIpc) is 3.17. The highest BCUT2D eigenvalue weighted by molar-refractivity contribution is 7.99. The molecule has 2 amide bonds. The lowest BCUT2D eigenvalue weighted by Crippen LogP contribution is -2.38. The highest BCUT2D eigenvalue weighted by Crippen LogP contribution is 2.45. The smallest absolute Gasteiger partial charge is 0.244 e. The number of nitrogens with one attached hydrogen (secondary N) is 1. The van der Waals surface area contributed by atoms with Crippen LogP contribution in [-0.4, -0.2) is 18.4 Å². The lowest BCUT2D eigenvalue weighted by molar-refractivity contribution is -0.121. The van der Waals surface area contributed by atoms with Crippen LogP contribution in [0.2, 0.25) is 0 Å². The fourth-order valence-corrected chi connectivity index (χ4v) is 4.29. The van der Waals surface area contributed by atoms with Crippen molar-refractivity contribution in [2.24, 2.45) is 0 Å². The topological polar surface area (TPSA) is 62.6 Å². The zero-order valence-electron chi connectivity index (χ0n) is 14.5. The molecule has 0 unspecified atom stereocenters. The minimum Gasteiger partial charge on any atom is -0.468 e. The van der Waals surface area contributed by atoms with Crippen LogP contribution >= 0.6 is 11.8 Å². The number of carbonyl (C=O) groups excluding carboxylic acids is 2. The maximum absolute atomic E-state index is 13.0. The van der Waals surface area contributed by atoms with Crippen LogP contribution in [0.15, 0.2) is 82.3 Å². The largest absolute Gasteiger partial charge is 0.468 e. The molecule has 0 bridgehead atoms. The Kier molecular flexibility index (Phi) is 4.98. The standard InChI is InChI=1S/C21H18N2O3S/c24-20(22-15-7-2-1-3-8-15)14-23-16-9-4-5-11-18(16)27-19(13-21(23)25)17-10-6-12-26-17/h1-12,19H,13-14H2,(H,22,24)/t19-/m0/s1. The van der Waals surface area contributed by atoms with Crippen molar-refractivity contribution in [1.29, 1.82) is 0 Å². The number of benzene rings is 2. The zero-order valence-corrected chi connectivity index (χ0v) is 15.3. The van der Waals surface area contributed by atoms with E-state index in [0.717, 1.165) is 16.3 Å². The molecule has 0 fully saturated rings. The zero-order chi connectivity index (χ0) is 18.6. The monoisotopic (exact) mass is 378 g/mol. The average molecular weight is 378 g/mol. The van der Waals surface area contributed by atoms with E-state index in [9.17, 15) is 9.59 Å². The van der Waals surface area contributed by atoms with Crippen LogP contribution in [0.3, 0.4) is 0 Å². The molecular weight excluding hydrogens is 360 g/mol. The van der Waals surface area contributed by atoms with Gasteiger partial charge in [-0.25, -0.2) is 0 Å².